The molecule has 0 fully saturated rings. The van der Waals surface area contributed by atoms with E-state index in [1.54, 1.807) is 0 Å². The van der Waals surface area contributed by atoms with Gasteiger partial charge in [0.2, 0.25) is 0 Å². The Hall–Kier alpha value is -1.40. The van der Waals surface area contributed by atoms with Gasteiger partial charge in [-0.1, -0.05) is 31.3 Å². The topological polar surface area (TPSA) is 37.8 Å². The maximum absolute atomic E-state index is 13.6. The van der Waals surface area contributed by atoms with E-state index in [1.165, 1.54) is 23.5 Å². The van der Waals surface area contributed by atoms with Crippen LogP contribution < -0.4 is 5.32 Å². The predicted molar refractivity (Wildman–Crippen MR) is 80.4 cm³/mol. The number of rotatable bonds is 7. The first kappa shape index (κ1) is 16.0. The highest BCUT2D eigenvalue weighted by Crippen LogP contribution is 2.23. The molecular weight excluding hydrogens is 292 g/mol. The number of hydrogen-bond acceptors (Lipinski definition) is 4. The molecule has 1 aromatic carbocycles. The molecule has 0 aliphatic rings. The highest BCUT2D eigenvalue weighted by molar-refractivity contribution is 7.11. The van der Waals surface area contributed by atoms with E-state index in [0.29, 0.717) is 12.0 Å². The summed E-state index contributed by atoms with van der Waals surface area (Å²) in [5.74, 6) is -1.10. The van der Waals surface area contributed by atoms with Gasteiger partial charge in [-0.15, -0.1) is 10.2 Å². The van der Waals surface area contributed by atoms with Gasteiger partial charge >= 0.3 is 0 Å². The molecule has 0 saturated carbocycles. The van der Waals surface area contributed by atoms with Crippen LogP contribution in [0, 0.1) is 11.6 Å². The molecule has 3 nitrogen and oxygen atoms in total. The molecule has 114 valence electrons. The summed E-state index contributed by atoms with van der Waals surface area (Å²) in [6, 6.07) is 3.81. The van der Waals surface area contributed by atoms with Gasteiger partial charge in [0.15, 0.2) is 0 Å². The summed E-state index contributed by atoms with van der Waals surface area (Å²) in [6.45, 7) is 5.14. The Balaban J connectivity index is 2.08. The molecule has 0 radical (unpaired) electrons. The van der Waals surface area contributed by atoms with Crippen molar-refractivity contribution in [3.63, 3.8) is 0 Å². The van der Waals surface area contributed by atoms with E-state index in [9.17, 15) is 8.78 Å². The zero-order valence-electron chi connectivity index (χ0n) is 12.2. The van der Waals surface area contributed by atoms with Crippen molar-refractivity contribution in [2.45, 2.75) is 39.2 Å². The Bertz CT molecular complexity index is 586. The van der Waals surface area contributed by atoms with Gasteiger partial charge in [-0.2, -0.15) is 0 Å². The van der Waals surface area contributed by atoms with Crippen molar-refractivity contribution in [2.75, 3.05) is 6.54 Å². The zero-order valence-corrected chi connectivity index (χ0v) is 13.0. The third-order valence-electron chi connectivity index (χ3n) is 3.19. The minimum absolute atomic E-state index is 0.189. The molecule has 0 amide bonds. The molecule has 2 rings (SSSR count). The second-order valence-corrected chi connectivity index (χ2v) is 5.96. The van der Waals surface area contributed by atoms with Gasteiger partial charge in [0.05, 0.1) is 6.04 Å². The third-order valence-corrected chi connectivity index (χ3v) is 4.22. The van der Waals surface area contributed by atoms with Gasteiger partial charge in [0.1, 0.15) is 21.6 Å². The van der Waals surface area contributed by atoms with Crippen LogP contribution >= 0.6 is 11.3 Å². The maximum Gasteiger partial charge on any atom is 0.134 e. The number of benzene rings is 1. The Morgan fingerprint density at radius 1 is 1.24 bits per heavy atom. The van der Waals surface area contributed by atoms with E-state index in [0.717, 1.165) is 35.5 Å². The average molecular weight is 311 g/mol. The van der Waals surface area contributed by atoms with Crippen molar-refractivity contribution in [3.8, 4) is 0 Å². The van der Waals surface area contributed by atoms with E-state index < -0.39 is 11.6 Å². The molecule has 1 heterocycles. The Morgan fingerprint density at radius 2 is 2.05 bits per heavy atom. The highest BCUT2D eigenvalue weighted by atomic mass is 32.1. The quantitative estimate of drug-likeness (QED) is 0.844. The number of halogens is 2. The summed E-state index contributed by atoms with van der Waals surface area (Å²) in [7, 11) is 0. The molecule has 1 atom stereocenters. The number of nitrogens with one attached hydrogen (secondary N) is 1. The van der Waals surface area contributed by atoms with Crippen LogP contribution in [0.1, 0.15) is 48.3 Å². The Labute approximate surface area is 127 Å². The van der Waals surface area contributed by atoms with Gasteiger partial charge in [0.25, 0.3) is 0 Å². The lowest BCUT2D eigenvalue weighted by molar-refractivity contribution is 0.513. The van der Waals surface area contributed by atoms with Crippen LogP contribution in [0.2, 0.25) is 0 Å². The largest absolute Gasteiger partial charge is 0.308 e. The maximum atomic E-state index is 13.6. The summed E-state index contributed by atoms with van der Waals surface area (Å²) in [4.78, 5) is 0. The van der Waals surface area contributed by atoms with Crippen molar-refractivity contribution in [3.05, 3.63) is 45.4 Å². The summed E-state index contributed by atoms with van der Waals surface area (Å²) >= 11 is 1.48. The zero-order chi connectivity index (χ0) is 15.2. The lowest BCUT2D eigenvalue weighted by atomic mass is 10.1. The summed E-state index contributed by atoms with van der Waals surface area (Å²) in [5, 5.41) is 13.4. The first-order valence-corrected chi connectivity index (χ1v) is 7.95. The van der Waals surface area contributed by atoms with Gasteiger partial charge < -0.3 is 5.32 Å². The fourth-order valence-electron chi connectivity index (χ4n) is 2.03. The predicted octanol–water partition coefficient (Wildman–Crippen LogP) is 3.86. The fraction of sp³-hybridized carbons (Fsp3) is 0.467. The molecule has 1 aromatic heterocycles. The Morgan fingerprint density at radius 3 is 2.71 bits per heavy atom. The molecular formula is C15H19F2N3S. The number of aromatic nitrogens is 2. The van der Waals surface area contributed by atoms with Crippen LogP contribution in [-0.2, 0) is 6.42 Å². The molecule has 1 N–H and O–H groups in total. The van der Waals surface area contributed by atoms with Crippen molar-refractivity contribution in [1.29, 1.82) is 0 Å². The van der Waals surface area contributed by atoms with Crippen LogP contribution in [0.4, 0.5) is 8.78 Å². The van der Waals surface area contributed by atoms with Crippen LogP contribution in [-0.4, -0.2) is 16.7 Å². The van der Waals surface area contributed by atoms with Crippen LogP contribution in [0.3, 0.4) is 0 Å². The second kappa shape index (κ2) is 7.56. The molecule has 1 unspecified atom stereocenters. The van der Waals surface area contributed by atoms with E-state index >= 15 is 0 Å². The second-order valence-electron chi connectivity index (χ2n) is 4.86. The molecule has 0 aliphatic heterocycles. The van der Waals surface area contributed by atoms with Crippen molar-refractivity contribution >= 4 is 11.3 Å². The fourth-order valence-corrected chi connectivity index (χ4v) is 3.06. The lowest BCUT2D eigenvalue weighted by Crippen LogP contribution is -2.21. The Kier molecular flexibility index (Phi) is 5.76. The average Bonchev–Trinajstić information content (AvgIpc) is 2.91. The molecule has 0 aliphatic carbocycles. The van der Waals surface area contributed by atoms with E-state index in [-0.39, 0.29) is 6.04 Å². The minimum atomic E-state index is -0.566. The monoisotopic (exact) mass is 311 g/mol. The van der Waals surface area contributed by atoms with Crippen LogP contribution in [0.15, 0.2) is 18.2 Å². The van der Waals surface area contributed by atoms with E-state index in [1.807, 2.05) is 0 Å². The standard InChI is InChI=1S/C15H19F2N3S/c1-3-7-18-13(4-2)15-20-19-14(21-15)8-10-5-6-11(16)9-12(10)17/h5-6,9,13,18H,3-4,7-8H2,1-2H3. The molecule has 0 spiro atoms. The van der Waals surface area contributed by atoms with Crippen molar-refractivity contribution < 1.29 is 8.78 Å². The van der Waals surface area contributed by atoms with E-state index in [2.05, 4.69) is 29.4 Å². The molecule has 6 heteroatoms. The lowest BCUT2D eigenvalue weighted by Gasteiger charge is -2.12. The van der Waals surface area contributed by atoms with Crippen molar-refractivity contribution in [1.82, 2.24) is 15.5 Å². The van der Waals surface area contributed by atoms with E-state index in [4.69, 9.17) is 0 Å². The van der Waals surface area contributed by atoms with Gasteiger partial charge in [0, 0.05) is 12.5 Å². The van der Waals surface area contributed by atoms with Gasteiger partial charge in [-0.25, -0.2) is 8.78 Å². The highest BCUT2D eigenvalue weighted by Gasteiger charge is 2.15. The summed E-state index contributed by atoms with van der Waals surface area (Å²) < 4.78 is 26.5. The SMILES string of the molecule is CCCNC(CC)c1nnc(Cc2ccc(F)cc2F)s1. The van der Waals surface area contributed by atoms with Gasteiger partial charge in [-0.3, -0.25) is 0 Å². The summed E-state index contributed by atoms with van der Waals surface area (Å²) in [5.41, 5.74) is 0.439. The van der Waals surface area contributed by atoms with Crippen molar-refractivity contribution in [2.24, 2.45) is 0 Å². The van der Waals surface area contributed by atoms with Crippen LogP contribution in [0.5, 0.6) is 0 Å². The third kappa shape index (κ3) is 4.28. The van der Waals surface area contributed by atoms with Gasteiger partial charge in [-0.05, 0) is 31.0 Å². The first-order chi connectivity index (χ1) is 10.1. The molecule has 0 saturated heterocycles. The normalized spacial score (nSPS) is 12.6. The molecule has 21 heavy (non-hydrogen) atoms. The molecule has 2 aromatic rings. The minimum Gasteiger partial charge on any atom is -0.308 e. The number of hydrogen-bond donors (Lipinski definition) is 1. The van der Waals surface area contributed by atoms with Crippen LogP contribution in [0.25, 0.3) is 0 Å². The molecule has 0 bridgehead atoms. The smallest absolute Gasteiger partial charge is 0.134 e. The first-order valence-electron chi connectivity index (χ1n) is 7.13. The number of nitrogens with zero attached hydrogens (tertiary/aromatic N) is 2. The summed E-state index contributed by atoms with van der Waals surface area (Å²) in [6.07, 6.45) is 2.33.